The van der Waals surface area contributed by atoms with Gasteiger partial charge in [0.2, 0.25) is 0 Å². The lowest BCUT2D eigenvalue weighted by Crippen LogP contribution is -2.35. The van der Waals surface area contributed by atoms with Gasteiger partial charge in [-0.25, -0.2) is 0 Å². The Labute approximate surface area is 117 Å². The minimum Gasteiger partial charge on any atom is -0.459 e. The molecule has 5 heteroatoms. The van der Waals surface area contributed by atoms with Gasteiger partial charge in [-0.15, -0.1) is 0 Å². The minimum absolute atomic E-state index is 0.0138. The summed E-state index contributed by atoms with van der Waals surface area (Å²) in [5.41, 5.74) is -1.97. The molecule has 5 nitrogen and oxygen atoms in total. The first-order valence-corrected chi connectivity index (χ1v) is 7.09. The topological polar surface area (TPSA) is 76.1 Å². The number of hydrogen-bond acceptors (Lipinski definition) is 5. The highest BCUT2D eigenvalue weighted by atomic mass is 16.7. The van der Waals surface area contributed by atoms with Crippen molar-refractivity contribution in [2.45, 2.75) is 57.0 Å². The summed E-state index contributed by atoms with van der Waals surface area (Å²) in [6, 6.07) is 0. The third-order valence-electron chi connectivity index (χ3n) is 4.91. The van der Waals surface area contributed by atoms with Crippen LogP contribution in [0.2, 0.25) is 0 Å². The van der Waals surface area contributed by atoms with Crippen LogP contribution in [0.25, 0.3) is 0 Å². The van der Waals surface area contributed by atoms with E-state index in [2.05, 4.69) is 0 Å². The van der Waals surface area contributed by atoms with Crippen molar-refractivity contribution in [1.29, 1.82) is 0 Å². The fourth-order valence-electron chi connectivity index (χ4n) is 3.26. The highest BCUT2D eigenvalue weighted by molar-refractivity contribution is 5.99. The molecule has 3 rings (SSSR count). The molecule has 6 atom stereocenters. The van der Waals surface area contributed by atoms with Crippen molar-refractivity contribution in [1.82, 2.24) is 0 Å². The van der Waals surface area contributed by atoms with Gasteiger partial charge in [-0.05, 0) is 38.8 Å². The molecule has 2 saturated heterocycles. The second-order valence-electron chi connectivity index (χ2n) is 6.59. The number of hydrogen-bond donors (Lipinski definition) is 1. The second-order valence-corrected chi connectivity index (χ2v) is 6.59. The first-order valence-electron chi connectivity index (χ1n) is 7.09. The van der Waals surface area contributed by atoms with Gasteiger partial charge in [-0.2, -0.15) is 0 Å². The molecule has 0 spiro atoms. The normalized spacial score (nSPS) is 52.8. The van der Waals surface area contributed by atoms with E-state index in [-0.39, 0.29) is 35.8 Å². The lowest BCUT2D eigenvalue weighted by Gasteiger charge is -2.25. The quantitative estimate of drug-likeness (QED) is 0.529. The summed E-state index contributed by atoms with van der Waals surface area (Å²) in [5, 5.41) is 10.3. The molecule has 0 amide bonds. The molecule has 0 aromatic carbocycles. The van der Waals surface area contributed by atoms with Crippen molar-refractivity contribution in [3.63, 3.8) is 0 Å². The van der Waals surface area contributed by atoms with Crippen molar-refractivity contribution in [2.24, 2.45) is 11.8 Å². The number of rotatable bonds is 0. The third-order valence-corrected chi connectivity index (χ3v) is 4.91. The number of carbonyl (C=O) groups excluding carboxylic acids is 2. The zero-order valence-electron chi connectivity index (χ0n) is 12.0. The van der Waals surface area contributed by atoms with Crippen LogP contribution in [0, 0.1) is 11.8 Å². The SMILES string of the molecule is C[C@H]1C(=O)O[C@@H]2[C@H]1CC[C@@](C)(O)/C=C/C(=O)[C@]1(C)O[C@H]21. The zero-order chi connectivity index (χ0) is 14.7. The Morgan fingerprint density at radius 2 is 2.05 bits per heavy atom. The summed E-state index contributed by atoms with van der Waals surface area (Å²) in [6.07, 6.45) is 3.33. The van der Waals surface area contributed by atoms with Gasteiger partial charge in [-0.3, -0.25) is 9.59 Å². The van der Waals surface area contributed by atoms with Crippen LogP contribution in [0.5, 0.6) is 0 Å². The predicted molar refractivity (Wildman–Crippen MR) is 69.8 cm³/mol. The summed E-state index contributed by atoms with van der Waals surface area (Å²) >= 11 is 0. The molecule has 1 N–H and O–H groups in total. The van der Waals surface area contributed by atoms with Gasteiger partial charge in [0.15, 0.2) is 11.4 Å². The van der Waals surface area contributed by atoms with E-state index < -0.39 is 11.2 Å². The standard InChI is InChI=1S/C15H20O5/c1-8-9-4-6-14(2,18)7-5-10(16)15(3)12(20-15)11(9)19-13(8)17/h5,7-9,11-12,18H,4,6H2,1-3H3/b7-5+/t8-,9+,11-,12-,14-,15+/m1/s1. The maximum Gasteiger partial charge on any atom is 0.309 e. The fourth-order valence-corrected chi connectivity index (χ4v) is 3.26. The summed E-state index contributed by atoms with van der Waals surface area (Å²) < 4.78 is 11.0. The first kappa shape index (κ1) is 13.8. The highest BCUT2D eigenvalue weighted by Gasteiger charge is 2.66. The van der Waals surface area contributed by atoms with E-state index in [0.29, 0.717) is 12.8 Å². The summed E-state index contributed by atoms with van der Waals surface area (Å²) in [7, 11) is 0. The summed E-state index contributed by atoms with van der Waals surface area (Å²) in [4.78, 5) is 24.0. The summed E-state index contributed by atoms with van der Waals surface area (Å²) in [6.45, 7) is 5.22. The van der Waals surface area contributed by atoms with E-state index in [9.17, 15) is 14.7 Å². The highest BCUT2D eigenvalue weighted by Crippen LogP contribution is 2.48. The fraction of sp³-hybridized carbons (Fsp3) is 0.733. The Balaban J connectivity index is 1.94. The first-order chi connectivity index (χ1) is 9.24. The average Bonchev–Trinajstić information content (AvgIpc) is 2.98. The number of carbonyl (C=O) groups is 2. The van der Waals surface area contributed by atoms with Crippen LogP contribution >= 0.6 is 0 Å². The van der Waals surface area contributed by atoms with Crippen LogP contribution in [-0.2, 0) is 19.1 Å². The van der Waals surface area contributed by atoms with Crippen molar-refractivity contribution in [2.75, 3.05) is 0 Å². The van der Waals surface area contributed by atoms with E-state index in [1.54, 1.807) is 13.8 Å². The van der Waals surface area contributed by atoms with E-state index in [1.807, 2.05) is 6.92 Å². The molecule has 0 radical (unpaired) electrons. The van der Waals surface area contributed by atoms with Gasteiger partial charge in [0.25, 0.3) is 0 Å². The van der Waals surface area contributed by atoms with Gasteiger partial charge in [0.1, 0.15) is 12.2 Å². The summed E-state index contributed by atoms with van der Waals surface area (Å²) in [5.74, 6) is -0.654. The Bertz CT molecular complexity index is 494. The molecule has 20 heavy (non-hydrogen) atoms. The average molecular weight is 280 g/mol. The molecule has 0 aromatic rings. The molecular formula is C15H20O5. The molecule has 1 aliphatic carbocycles. The van der Waals surface area contributed by atoms with Crippen molar-refractivity contribution < 1.29 is 24.2 Å². The monoisotopic (exact) mass is 280 g/mol. The molecule has 0 unspecified atom stereocenters. The molecule has 2 heterocycles. The van der Waals surface area contributed by atoms with Crippen LogP contribution in [-0.4, -0.2) is 40.3 Å². The van der Waals surface area contributed by atoms with Gasteiger partial charge < -0.3 is 14.6 Å². The molecule has 2 fully saturated rings. The van der Waals surface area contributed by atoms with Crippen LogP contribution in [0.4, 0.5) is 0 Å². The Hall–Kier alpha value is -1.20. The molecule has 0 bridgehead atoms. The minimum atomic E-state index is -1.05. The number of fused-ring (bicyclic) bond motifs is 3. The van der Waals surface area contributed by atoms with Crippen LogP contribution in [0.3, 0.4) is 0 Å². The van der Waals surface area contributed by atoms with Crippen molar-refractivity contribution in [3.8, 4) is 0 Å². The van der Waals surface area contributed by atoms with Gasteiger partial charge in [-0.1, -0.05) is 6.92 Å². The number of aliphatic hydroxyl groups is 1. The second kappa shape index (κ2) is 4.15. The lowest BCUT2D eigenvalue weighted by molar-refractivity contribution is -0.144. The zero-order valence-corrected chi connectivity index (χ0v) is 12.0. The smallest absolute Gasteiger partial charge is 0.309 e. The van der Waals surface area contributed by atoms with Crippen LogP contribution in [0.1, 0.15) is 33.6 Å². The Kier molecular flexibility index (Phi) is 2.86. The largest absolute Gasteiger partial charge is 0.459 e. The van der Waals surface area contributed by atoms with E-state index in [4.69, 9.17) is 9.47 Å². The molecule has 0 saturated carbocycles. The number of epoxide rings is 1. The molecule has 2 aliphatic heterocycles. The molecule has 110 valence electrons. The lowest BCUT2D eigenvalue weighted by atomic mass is 9.80. The maximum absolute atomic E-state index is 12.2. The third kappa shape index (κ3) is 2.00. The Morgan fingerprint density at radius 1 is 1.35 bits per heavy atom. The van der Waals surface area contributed by atoms with Crippen molar-refractivity contribution >= 4 is 11.8 Å². The van der Waals surface area contributed by atoms with E-state index in [0.717, 1.165) is 0 Å². The predicted octanol–water partition coefficient (Wildman–Crippen LogP) is 0.992. The van der Waals surface area contributed by atoms with Gasteiger partial charge >= 0.3 is 5.97 Å². The number of ketones is 1. The molecule has 3 aliphatic rings. The van der Waals surface area contributed by atoms with Gasteiger partial charge in [0, 0.05) is 5.92 Å². The van der Waals surface area contributed by atoms with E-state index in [1.165, 1.54) is 12.2 Å². The van der Waals surface area contributed by atoms with Crippen LogP contribution < -0.4 is 0 Å². The van der Waals surface area contributed by atoms with Gasteiger partial charge in [0.05, 0.1) is 11.5 Å². The molecule has 0 aromatic heterocycles. The molecular weight excluding hydrogens is 260 g/mol. The Morgan fingerprint density at radius 3 is 2.75 bits per heavy atom. The number of esters is 1. The van der Waals surface area contributed by atoms with Crippen LogP contribution in [0.15, 0.2) is 12.2 Å². The van der Waals surface area contributed by atoms with E-state index >= 15 is 0 Å². The number of ether oxygens (including phenoxy) is 2. The maximum atomic E-state index is 12.2. The van der Waals surface area contributed by atoms with Crippen molar-refractivity contribution in [3.05, 3.63) is 12.2 Å².